The second-order valence-corrected chi connectivity index (χ2v) is 8.60. The van der Waals surface area contributed by atoms with Gasteiger partial charge in [-0.05, 0) is 57.4 Å². The van der Waals surface area contributed by atoms with E-state index in [0.717, 1.165) is 29.8 Å². The molecule has 156 valence electrons. The number of nitrogens with one attached hydrogen (secondary N) is 2. The molecule has 1 fully saturated rings. The molecule has 0 heterocycles. The summed E-state index contributed by atoms with van der Waals surface area (Å²) in [6.07, 6.45) is 1.93. The molecule has 7 nitrogen and oxygen atoms in total. The Morgan fingerprint density at radius 1 is 1.21 bits per heavy atom. The molecule has 1 saturated carbocycles. The van der Waals surface area contributed by atoms with Gasteiger partial charge in [-0.15, -0.1) is 0 Å². The number of amides is 3. The SMILES string of the molecule is COCCN(Cc1cc(NC(=O)C2CC2)ccc1N(C)C)C(=O)NC(C)(C)C. The summed E-state index contributed by atoms with van der Waals surface area (Å²) < 4.78 is 5.19. The first-order chi connectivity index (χ1) is 13.1. The van der Waals surface area contributed by atoms with Gasteiger partial charge >= 0.3 is 6.03 Å². The number of nitrogens with zero attached hydrogens (tertiary/aromatic N) is 2. The summed E-state index contributed by atoms with van der Waals surface area (Å²) in [6.45, 7) is 7.22. The molecule has 1 aromatic rings. The fourth-order valence-electron chi connectivity index (χ4n) is 2.88. The molecular weight excluding hydrogens is 356 g/mol. The molecule has 28 heavy (non-hydrogen) atoms. The van der Waals surface area contributed by atoms with Gasteiger partial charge in [0.15, 0.2) is 0 Å². The van der Waals surface area contributed by atoms with Gasteiger partial charge in [0, 0.05) is 57.1 Å². The van der Waals surface area contributed by atoms with E-state index in [2.05, 4.69) is 10.6 Å². The maximum absolute atomic E-state index is 12.8. The van der Waals surface area contributed by atoms with Crippen molar-refractivity contribution in [2.45, 2.75) is 45.7 Å². The quantitative estimate of drug-likeness (QED) is 0.715. The fraction of sp³-hybridized carbons (Fsp3) is 0.619. The first-order valence-corrected chi connectivity index (χ1v) is 9.78. The van der Waals surface area contributed by atoms with Crippen LogP contribution in [0.2, 0.25) is 0 Å². The minimum Gasteiger partial charge on any atom is -0.383 e. The minimum absolute atomic E-state index is 0.0743. The van der Waals surface area contributed by atoms with Crippen molar-refractivity contribution in [2.24, 2.45) is 5.92 Å². The maximum atomic E-state index is 12.8. The van der Waals surface area contributed by atoms with Gasteiger partial charge < -0.3 is 25.2 Å². The number of carbonyl (C=O) groups excluding carboxylic acids is 2. The van der Waals surface area contributed by atoms with Crippen LogP contribution in [0.15, 0.2) is 18.2 Å². The molecule has 0 bridgehead atoms. The van der Waals surface area contributed by atoms with Gasteiger partial charge in [0.25, 0.3) is 0 Å². The highest BCUT2D eigenvalue weighted by molar-refractivity contribution is 5.94. The first-order valence-electron chi connectivity index (χ1n) is 9.78. The lowest BCUT2D eigenvalue weighted by molar-refractivity contribution is -0.117. The molecule has 0 radical (unpaired) electrons. The summed E-state index contributed by atoms with van der Waals surface area (Å²) >= 11 is 0. The van der Waals surface area contributed by atoms with E-state index in [1.54, 1.807) is 12.0 Å². The molecule has 2 rings (SSSR count). The average molecular weight is 391 g/mol. The number of carbonyl (C=O) groups is 2. The minimum atomic E-state index is -0.327. The molecule has 1 aliphatic carbocycles. The number of ether oxygens (including phenoxy) is 1. The van der Waals surface area contributed by atoms with Crippen molar-refractivity contribution in [2.75, 3.05) is 44.6 Å². The third-order valence-electron chi connectivity index (χ3n) is 4.47. The molecule has 0 atom stereocenters. The summed E-state index contributed by atoms with van der Waals surface area (Å²) in [6, 6.07) is 5.71. The molecule has 7 heteroatoms. The number of hydrogen-bond donors (Lipinski definition) is 2. The van der Waals surface area contributed by atoms with Crippen molar-refractivity contribution in [3.8, 4) is 0 Å². The molecule has 0 unspecified atom stereocenters. The van der Waals surface area contributed by atoms with Gasteiger partial charge in [-0.25, -0.2) is 4.79 Å². The lowest BCUT2D eigenvalue weighted by Crippen LogP contribution is -2.49. The van der Waals surface area contributed by atoms with Crippen molar-refractivity contribution in [3.05, 3.63) is 23.8 Å². The summed E-state index contributed by atoms with van der Waals surface area (Å²) in [5, 5.41) is 6.01. The van der Waals surface area contributed by atoms with E-state index in [4.69, 9.17) is 4.74 Å². The second-order valence-electron chi connectivity index (χ2n) is 8.60. The predicted molar refractivity (Wildman–Crippen MR) is 113 cm³/mol. The van der Waals surface area contributed by atoms with Crippen molar-refractivity contribution < 1.29 is 14.3 Å². The molecular formula is C21H34N4O3. The smallest absolute Gasteiger partial charge is 0.318 e. The summed E-state index contributed by atoms with van der Waals surface area (Å²) in [5.41, 5.74) is 2.42. The van der Waals surface area contributed by atoms with Crippen LogP contribution in [0.3, 0.4) is 0 Å². The Morgan fingerprint density at radius 3 is 2.43 bits per heavy atom. The molecule has 0 saturated heterocycles. The van der Waals surface area contributed by atoms with Crippen molar-refractivity contribution in [1.82, 2.24) is 10.2 Å². The van der Waals surface area contributed by atoms with Gasteiger partial charge in [-0.2, -0.15) is 0 Å². The van der Waals surface area contributed by atoms with Gasteiger partial charge in [0.2, 0.25) is 5.91 Å². The Balaban J connectivity index is 2.23. The Bertz CT molecular complexity index is 693. The summed E-state index contributed by atoms with van der Waals surface area (Å²) in [5.74, 6) is 0.220. The van der Waals surface area contributed by atoms with Crippen LogP contribution < -0.4 is 15.5 Å². The number of methoxy groups -OCH3 is 1. The Kier molecular flexibility index (Phi) is 7.29. The highest BCUT2D eigenvalue weighted by atomic mass is 16.5. The van der Waals surface area contributed by atoms with E-state index in [0.29, 0.717) is 19.7 Å². The summed E-state index contributed by atoms with van der Waals surface area (Å²) in [7, 11) is 5.56. The number of anilines is 2. The molecule has 2 N–H and O–H groups in total. The van der Waals surface area contributed by atoms with Crippen LogP contribution in [0.5, 0.6) is 0 Å². The molecule has 1 aromatic carbocycles. The molecule has 1 aliphatic rings. The van der Waals surface area contributed by atoms with Crippen LogP contribution >= 0.6 is 0 Å². The van der Waals surface area contributed by atoms with Crippen LogP contribution in [-0.2, 0) is 16.1 Å². The van der Waals surface area contributed by atoms with Gasteiger partial charge in [0.05, 0.1) is 6.61 Å². The van der Waals surface area contributed by atoms with E-state index >= 15 is 0 Å². The Labute approximate surface area is 168 Å². The third-order valence-corrected chi connectivity index (χ3v) is 4.47. The van der Waals surface area contributed by atoms with Crippen molar-refractivity contribution in [1.29, 1.82) is 0 Å². The van der Waals surface area contributed by atoms with E-state index in [1.165, 1.54) is 0 Å². The van der Waals surface area contributed by atoms with E-state index in [1.807, 2.05) is 58.0 Å². The highest BCUT2D eigenvalue weighted by Crippen LogP contribution is 2.31. The number of hydrogen-bond acceptors (Lipinski definition) is 4. The van der Waals surface area contributed by atoms with Crippen LogP contribution in [0.4, 0.5) is 16.2 Å². The largest absolute Gasteiger partial charge is 0.383 e. The Hall–Kier alpha value is -2.28. The normalized spacial score (nSPS) is 13.8. The monoisotopic (exact) mass is 390 g/mol. The topological polar surface area (TPSA) is 73.9 Å². The lowest BCUT2D eigenvalue weighted by Gasteiger charge is -2.30. The standard InChI is InChI=1S/C21H34N4O3/c1-21(2,3)23-20(27)25(11-12-28-6)14-16-13-17(9-10-18(16)24(4)5)22-19(26)15-7-8-15/h9-10,13,15H,7-8,11-12,14H2,1-6H3,(H,22,26)(H,23,27). The molecule has 3 amide bonds. The number of rotatable bonds is 8. The first kappa shape index (κ1) is 22.0. The maximum Gasteiger partial charge on any atom is 0.318 e. The van der Waals surface area contributed by atoms with E-state index in [9.17, 15) is 9.59 Å². The average Bonchev–Trinajstić information content (AvgIpc) is 3.42. The fourth-order valence-corrected chi connectivity index (χ4v) is 2.88. The van der Waals surface area contributed by atoms with Crippen LogP contribution in [0.25, 0.3) is 0 Å². The lowest BCUT2D eigenvalue weighted by atomic mass is 10.1. The van der Waals surface area contributed by atoms with Crippen LogP contribution in [-0.4, -0.2) is 56.7 Å². The molecule has 0 aromatic heterocycles. The second kappa shape index (κ2) is 9.28. The zero-order valence-electron chi connectivity index (χ0n) is 18.0. The zero-order chi connectivity index (χ0) is 20.9. The van der Waals surface area contributed by atoms with Crippen molar-refractivity contribution >= 4 is 23.3 Å². The van der Waals surface area contributed by atoms with Crippen molar-refractivity contribution in [3.63, 3.8) is 0 Å². The highest BCUT2D eigenvalue weighted by Gasteiger charge is 2.29. The van der Waals surface area contributed by atoms with Crippen LogP contribution in [0, 0.1) is 5.92 Å². The molecule has 0 spiro atoms. The number of benzene rings is 1. The summed E-state index contributed by atoms with van der Waals surface area (Å²) in [4.78, 5) is 28.7. The number of urea groups is 1. The molecule has 0 aliphatic heterocycles. The van der Waals surface area contributed by atoms with Gasteiger partial charge in [-0.3, -0.25) is 4.79 Å². The van der Waals surface area contributed by atoms with E-state index < -0.39 is 0 Å². The zero-order valence-corrected chi connectivity index (χ0v) is 18.0. The van der Waals surface area contributed by atoms with Crippen LogP contribution in [0.1, 0.15) is 39.2 Å². The Morgan fingerprint density at radius 2 is 1.89 bits per heavy atom. The van der Waals surface area contributed by atoms with Gasteiger partial charge in [0.1, 0.15) is 0 Å². The predicted octanol–water partition coefficient (Wildman–Crippen LogP) is 3.06. The van der Waals surface area contributed by atoms with Gasteiger partial charge in [-0.1, -0.05) is 0 Å². The third kappa shape index (κ3) is 6.71. The van der Waals surface area contributed by atoms with E-state index in [-0.39, 0.29) is 23.4 Å².